The lowest BCUT2D eigenvalue weighted by atomic mass is 10.1. The van der Waals surface area contributed by atoms with E-state index < -0.39 is 7.25 Å². The molecule has 7 heteroatoms. The predicted octanol–water partition coefficient (Wildman–Crippen LogP) is 5.15. The lowest BCUT2D eigenvalue weighted by molar-refractivity contribution is 0.338. The van der Waals surface area contributed by atoms with Crippen LogP contribution in [0.5, 0.6) is 5.75 Å². The van der Waals surface area contributed by atoms with Gasteiger partial charge in [-0.2, -0.15) is 0 Å². The topological polar surface area (TPSA) is 9.23 Å². The van der Waals surface area contributed by atoms with Crippen LogP contribution >= 0.6 is 0 Å². The maximum atomic E-state index is 9.75. The Hall–Kier alpha value is -2.02. The molecule has 0 spiro atoms. The van der Waals surface area contributed by atoms with E-state index >= 15 is 0 Å². The summed E-state index contributed by atoms with van der Waals surface area (Å²) < 4.78 is 45.1. The molecule has 0 aliphatic heterocycles. The number of rotatable bonds is 5. The molecule has 0 bridgehead atoms. The van der Waals surface area contributed by atoms with Crippen molar-refractivity contribution < 1.29 is 22.0 Å². The van der Waals surface area contributed by atoms with E-state index in [4.69, 9.17) is 4.74 Å². The minimum atomic E-state index is -6.00. The Morgan fingerprint density at radius 1 is 0.917 bits per heavy atom. The van der Waals surface area contributed by atoms with Crippen LogP contribution in [0.15, 0.2) is 54.6 Å². The number of quaternary nitrogens is 1. The van der Waals surface area contributed by atoms with Gasteiger partial charge in [-0.05, 0) is 43.3 Å². The summed E-state index contributed by atoms with van der Waals surface area (Å²) in [6.45, 7) is 4.29. The monoisotopic (exact) mass is 343 g/mol. The highest BCUT2D eigenvalue weighted by Crippen LogP contribution is 2.24. The van der Waals surface area contributed by atoms with Crippen molar-refractivity contribution in [3.8, 4) is 5.75 Å². The van der Waals surface area contributed by atoms with Crippen LogP contribution in [0, 0.1) is 0 Å². The van der Waals surface area contributed by atoms with Crippen LogP contribution in [0.25, 0.3) is 0 Å². The van der Waals surface area contributed by atoms with E-state index in [1.165, 1.54) is 11.3 Å². The van der Waals surface area contributed by atoms with E-state index in [-0.39, 0.29) is 0 Å². The average Bonchev–Trinajstić information content (AvgIpc) is 2.55. The second kappa shape index (κ2) is 8.73. The highest BCUT2D eigenvalue weighted by molar-refractivity contribution is 6.50. The third-order valence-electron chi connectivity index (χ3n) is 3.77. The van der Waals surface area contributed by atoms with Crippen LogP contribution in [0.1, 0.15) is 12.5 Å². The Morgan fingerprint density at radius 3 is 1.83 bits per heavy atom. The molecule has 0 N–H and O–H groups in total. The van der Waals surface area contributed by atoms with Crippen LogP contribution in [0.4, 0.5) is 23.0 Å². The number of methoxy groups -OCH3 is 1. The zero-order chi connectivity index (χ0) is 18.2. The van der Waals surface area contributed by atoms with Gasteiger partial charge < -0.3 is 22.0 Å². The summed E-state index contributed by atoms with van der Waals surface area (Å²) in [7, 11) is -2.02. The summed E-state index contributed by atoms with van der Waals surface area (Å²) in [5.41, 5.74) is 2.68. The standard InChI is InChI=1S/C17H22NO.BF4/c1-4-18(2,16-8-6-5-7-9-16)14-15-10-12-17(19-3)13-11-15;2-1(3,4)5/h5-13H,4,14H2,1-3H3;/q+1;-1. The molecule has 0 amide bonds. The first-order chi connectivity index (χ1) is 11.2. The molecule has 0 saturated heterocycles. The number of halogens is 4. The molecule has 2 aromatic rings. The third-order valence-corrected chi connectivity index (χ3v) is 3.77. The molecule has 0 aliphatic rings. The lowest BCUT2D eigenvalue weighted by Gasteiger charge is -2.33. The molecule has 0 heterocycles. The normalized spacial score (nSPS) is 13.5. The maximum Gasteiger partial charge on any atom is 0.673 e. The van der Waals surface area contributed by atoms with Gasteiger partial charge in [0.25, 0.3) is 0 Å². The second-order valence-electron chi connectivity index (χ2n) is 5.55. The first-order valence-corrected chi connectivity index (χ1v) is 7.58. The summed E-state index contributed by atoms with van der Waals surface area (Å²) in [5.74, 6) is 0.911. The Balaban J connectivity index is 0.000000505. The van der Waals surface area contributed by atoms with Gasteiger partial charge >= 0.3 is 7.25 Å². The molecule has 2 rings (SSSR count). The zero-order valence-electron chi connectivity index (χ0n) is 14.1. The molecule has 2 aromatic carbocycles. The van der Waals surface area contributed by atoms with Gasteiger partial charge in [0.2, 0.25) is 0 Å². The third kappa shape index (κ3) is 7.04. The second-order valence-corrected chi connectivity index (χ2v) is 5.55. The van der Waals surface area contributed by atoms with Crippen molar-refractivity contribution in [1.82, 2.24) is 4.48 Å². The number of hydrogen-bond acceptors (Lipinski definition) is 1. The number of hydrogen-bond donors (Lipinski definition) is 0. The molecule has 1 atom stereocenters. The van der Waals surface area contributed by atoms with Gasteiger partial charge in [0.05, 0.1) is 20.7 Å². The number of nitrogens with zero attached hydrogens (tertiary/aromatic N) is 1. The Kier molecular flexibility index (Phi) is 7.29. The SMILES string of the molecule is CC[N+](C)(Cc1ccc(OC)cc1)c1ccccc1.F[B-](F)(F)F. The lowest BCUT2D eigenvalue weighted by Crippen LogP contribution is -2.43. The van der Waals surface area contributed by atoms with Crippen molar-refractivity contribution >= 4 is 12.9 Å². The van der Waals surface area contributed by atoms with Gasteiger partial charge in [-0.1, -0.05) is 18.2 Å². The van der Waals surface area contributed by atoms with Crippen LogP contribution in [-0.4, -0.2) is 28.0 Å². The largest absolute Gasteiger partial charge is 0.673 e. The molecular weight excluding hydrogens is 321 g/mol. The zero-order valence-corrected chi connectivity index (χ0v) is 14.1. The molecule has 1 unspecified atom stereocenters. The van der Waals surface area contributed by atoms with Crippen LogP contribution in [0.3, 0.4) is 0 Å². The van der Waals surface area contributed by atoms with Crippen molar-refractivity contribution in [3.63, 3.8) is 0 Å². The number of para-hydroxylation sites is 1. The molecular formula is C17H22BF4NO. The van der Waals surface area contributed by atoms with E-state index in [1.54, 1.807) is 7.11 Å². The van der Waals surface area contributed by atoms with E-state index in [9.17, 15) is 17.3 Å². The fraction of sp³-hybridized carbons (Fsp3) is 0.294. The van der Waals surface area contributed by atoms with Gasteiger partial charge in [-0.15, -0.1) is 0 Å². The molecule has 0 saturated carbocycles. The fourth-order valence-corrected chi connectivity index (χ4v) is 2.31. The minimum Gasteiger partial charge on any atom is -0.497 e. The van der Waals surface area contributed by atoms with Crippen LogP contribution in [-0.2, 0) is 6.54 Å². The summed E-state index contributed by atoms with van der Waals surface area (Å²) >= 11 is 0. The maximum absolute atomic E-state index is 9.75. The van der Waals surface area contributed by atoms with Crippen molar-refractivity contribution in [2.45, 2.75) is 13.5 Å². The summed E-state index contributed by atoms with van der Waals surface area (Å²) in [4.78, 5) is 0. The van der Waals surface area contributed by atoms with Gasteiger partial charge in [-0.3, -0.25) is 4.48 Å². The number of ether oxygens (including phenoxy) is 1. The molecule has 0 aliphatic carbocycles. The average molecular weight is 343 g/mol. The fourth-order valence-electron chi connectivity index (χ4n) is 2.31. The molecule has 0 radical (unpaired) electrons. The smallest absolute Gasteiger partial charge is 0.497 e. The summed E-state index contributed by atoms with van der Waals surface area (Å²) in [6.07, 6.45) is 0. The molecule has 24 heavy (non-hydrogen) atoms. The first kappa shape index (κ1) is 20.0. The quantitative estimate of drug-likeness (QED) is 0.414. The first-order valence-electron chi connectivity index (χ1n) is 7.58. The van der Waals surface area contributed by atoms with E-state index in [0.29, 0.717) is 0 Å². The van der Waals surface area contributed by atoms with Crippen molar-refractivity contribution in [2.24, 2.45) is 0 Å². The van der Waals surface area contributed by atoms with Crippen molar-refractivity contribution in [3.05, 3.63) is 60.2 Å². The molecule has 2 nitrogen and oxygen atoms in total. The molecule has 132 valence electrons. The molecule has 0 fully saturated rings. The Bertz CT molecular complexity index is 598. The van der Waals surface area contributed by atoms with E-state index in [0.717, 1.165) is 23.3 Å². The molecule has 0 aromatic heterocycles. The predicted molar refractivity (Wildman–Crippen MR) is 91.6 cm³/mol. The number of benzene rings is 2. The highest BCUT2D eigenvalue weighted by Gasteiger charge is 2.22. The van der Waals surface area contributed by atoms with Gasteiger partial charge in [0.1, 0.15) is 18.0 Å². The van der Waals surface area contributed by atoms with Crippen molar-refractivity contribution in [1.29, 1.82) is 0 Å². The highest BCUT2D eigenvalue weighted by atomic mass is 19.5. The van der Waals surface area contributed by atoms with Crippen molar-refractivity contribution in [2.75, 3.05) is 20.7 Å². The summed E-state index contributed by atoms with van der Waals surface area (Å²) in [5, 5.41) is 0. The van der Waals surface area contributed by atoms with Crippen LogP contribution < -0.4 is 9.22 Å². The van der Waals surface area contributed by atoms with E-state index in [1.807, 2.05) is 12.1 Å². The van der Waals surface area contributed by atoms with E-state index in [2.05, 4.69) is 56.4 Å². The Labute approximate surface area is 140 Å². The minimum absolute atomic E-state index is 0.910. The van der Waals surface area contributed by atoms with Crippen LogP contribution in [0.2, 0.25) is 0 Å². The van der Waals surface area contributed by atoms with Gasteiger partial charge in [-0.25, -0.2) is 0 Å². The van der Waals surface area contributed by atoms with Gasteiger partial charge in [0.15, 0.2) is 0 Å². The summed E-state index contributed by atoms with van der Waals surface area (Å²) in [6, 6.07) is 19.0. The van der Waals surface area contributed by atoms with Gasteiger partial charge in [0, 0.05) is 5.56 Å². The Morgan fingerprint density at radius 2 is 1.42 bits per heavy atom.